The van der Waals surface area contributed by atoms with Crippen LogP contribution < -0.4 is 15.4 Å². The van der Waals surface area contributed by atoms with E-state index in [9.17, 15) is 0 Å². The van der Waals surface area contributed by atoms with Gasteiger partial charge in [0, 0.05) is 37.9 Å². The average Bonchev–Trinajstić information content (AvgIpc) is 2.63. The quantitative estimate of drug-likeness (QED) is 0.747. The van der Waals surface area contributed by atoms with E-state index in [4.69, 9.17) is 21.7 Å². The molecule has 138 valence electrons. The number of hydrogen-bond donors (Lipinski definition) is 2. The summed E-state index contributed by atoms with van der Waals surface area (Å²) >= 11 is 5.33. The molecule has 2 N–H and O–H groups in total. The summed E-state index contributed by atoms with van der Waals surface area (Å²) in [6.07, 6.45) is 0. The fourth-order valence-electron chi connectivity index (χ4n) is 2.56. The van der Waals surface area contributed by atoms with E-state index in [1.165, 1.54) is 0 Å². The summed E-state index contributed by atoms with van der Waals surface area (Å²) in [6, 6.07) is 11.3. The van der Waals surface area contributed by atoms with Crippen molar-refractivity contribution in [1.82, 2.24) is 20.2 Å². The monoisotopic (exact) mass is 373 g/mol. The highest BCUT2D eigenvalue weighted by Crippen LogP contribution is 2.20. The number of nitrogens with one attached hydrogen (secondary N) is 2. The molecule has 1 saturated heterocycles. The Hall–Kier alpha value is -2.29. The Morgan fingerprint density at radius 2 is 2.00 bits per heavy atom. The highest BCUT2D eigenvalue weighted by atomic mass is 32.1. The third-order valence-corrected chi connectivity index (χ3v) is 4.09. The lowest BCUT2D eigenvalue weighted by Gasteiger charge is -2.26. The van der Waals surface area contributed by atoms with Gasteiger partial charge in [-0.25, -0.2) is 4.98 Å². The molecule has 8 heteroatoms. The summed E-state index contributed by atoms with van der Waals surface area (Å²) < 4.78 is 11.1. The molecule has 0 atom stereocenters. The SMILES string of the molecule is Cc1cc(Oc2ccccc2)nc(NC(=S)NCCN2CCOCC2)n1. The van der Waals surface area contributed by atoms with Gasteiger partial charge in [0.05, 0.1) is 13.2 Å². The van der Waals surface area contributed by atoms with E-state index >= 15 is 0 Å². The van der Waals surface area contributed by atoms with Crippen molar-refractivity contribution >= 4 is 23.3 Å². The Morgan fingerprint density at radius 3 is 2.77 bits per heavy atom. The second-order valence-electron chi connectivity index (χ2n) is 5.92. The van der Waals surface area contributed by atoms with Gasteiger partial charge < -0.3 is 20.1 Å². The van der Waals surface area contributed by atoms with Gasteiger partial charge in [-0.05, 0) is 31.3 Å². The molecule has 0 amide bonds. The smallest absolute Gasteiger partial charge is 0.232 e. The molecular weight excluding hydrogens is 350 g/mol. The molecule has 0 bridgehead atoms. The second kappa shape index (κ2) is 9.42. The first kappa shape index (κ1) is 18.5. The van der Waals surface area contributed by atoms with E-state index in [2.05, 4.69) is 25.5 Å². The molecule has 26 heavy (non-hydrogen) atoms. The number of para-hydroxylation sites is 1. The number of aryl methyl sites for hydroxylation is 1. The van der Waals surface area contributed by atoms with E-state index in [0.717, 1.165) is 50.8 Å². The van der Waals surface area contributed by atoms with Crippen LogP contribution in [0.5, 0.6) is 11.6 Å². The van der Waals surface area contributed by atoms with Crippen molar-refractivity contribution in [2.75, 3.05) is 44.7 Å². The average molecular weight is 373 g/mol. The normalized spacial score (nSPS) is 14.7. The van der Waals surface area contributed by atoms with Gasteiger partial charge in [-0.15, -0.1) is 0 Å². The lowest BCUT2D eigenvalue weighted by Crippen LogP contribution is -2.42. The molecule has 1 fully saturated rings. The Bertz CT molecular complexity index is 723. The minimum Gasteiger partial charge on any atom is -0.439 e. The molecule has 7 nitrogen and oxygen atoms in total. The molecule has 1 aromatic carbocycles. The lowest BCUT2D eigenvalue weighted by molar-refractivity contribution is 0.0389. The van der Waals surface area contributed by atoms with Gasteiger partial charge in [0.1, 0.15) is 5.75 Å². The van der Waals surface area contributed by atoms with Gasteiger partial charge >= 0.3 is 0 Å². The topological polar surface area (TPSA) is 71.5 Å². The van der Waals surface area contributed by atoms with Crippen LogP contribution in [0, 0.1) is 6.92 Å². The Labute approximate surface area is 158 Å². The highest BCUT2D eigenvalue weighted by Gasteiger charge is 2.10. The molecular formula is C18H23N5O2S. The van der Waals surface area contributed by atoms with Crippen LogP contribution in [0.15, 0.2) is 36.4 Å². The van der Waals surface area contributed by atoms with Crippen molar-refractivity contribution in [3.05, 3.63) is 42.1 Å². The van der Waals surface area contributed by atoms with Crippen molar-refractivity contribution < 1.29 is 9.47 Å². The van der Waals surface area contributed by atoms with Gasteiger partial charge in [0.2, 0.25) is 11.8 Å². The predicted octanol–water partition coefficient (Wildman–Crippen LogP) is 2.20. The summed E-state index contributed by atoms with van der Waals surface area (Å²) in [7, 11) is 0. The number of morpholine rings is 1. The Balaban J connectivity index is 1.51. The maximum Gasteiger partial charge on any atom is 0.232 e. The van der Waals surface area contributed by atoms with Crippen LogP contribution in [0.4, 0.5) is 5.95 Å². The molecule has 2 aromatic rings. The third-order valence-electron chi connectivity index (χ3n) is 3.84. The molecule has 1 aromatic heterocycles. The van der Waals surface area contributed by atoms with Crippen molar-refractivity contribution in [3.63, 3.8) is 0 Å². The van der Waals surface area contributed by atoms with E-state index in [1.807, 2.05) is 37.3 Å². The van der Waals surface area contributed by atoms with E-state index in [-0.39, 0.29) is 0 Å². The number of benzene rings is 1. The molecule has 0 radical (unpaired) electrons. The fourth-order valence-corrected chi connectivity index (χ4v) is 2.75. The van der Waals surface area contributed by atoms with Crippen LogP contribution >= 0.6 is 12.2 Å². The van der Waals surface area contributed by atoms with Crippen LogP contribution in [-0.4, -0.2) is 59.4 Å². The predicted molar refractivity (Wildman–Crippen MR) is 105 cm³/mol. The largest absolute Gasteiger partial charge is 0.439 e. The minimum atomic E-state index is 0.416. The summed E-state index contributed by atoms with van der Waals surface area (Å²) in [6.45, 7) is 7.08. The zero-order chi connectivity index (χ0) is 18.2. The third kappa shape index (κ3) is 5.91. The van der Waals surface area contributed by atoms with Crippen LogP contribution in [0.25, 0.3) is 0 Å². The van der Waals surface area contributed by atoms with Gasteiger partial charge in [-0.1, -0.05) is 18.2 Å². The first-order chi connectivity index (χ1) is 12.7. The molecule has 0 aliphatic carbocycles. The van der Waals surface area contributed by atoms with Gasteiger partial charge in [-0.2, -0.15) is 4.98 Å². The minimum absolute atomic E-state index is 0.416. The molecule has 1 aliphatic heterocycles. The number of thiocarbonyl (C=S) groups is 1. The molecule has 3 rings (SSSR count). The van der Waals surface area contributed by atoms with Gasteiger partial charge in [0.25, 0.3) is 0 Å². The van der Waals surface area contributed by atoms with Crippen molar-refractivity contribution in [1.29, 1.82) is 0 Å². The first-order valence-electron chi connectivity index (χ1n) is 8.62. The van der Waals surface area contributed by atoms with Crippen molar-refractivity contribution in [3.8, 4) is 11.6 Å². The van der Waals surface area contributed by atoms with Gasteiger partial charge in [0.15, 0.2) is 5.11 Å². The Kier molecular flexibility index (Phi) is 6.70. The summed E-state index contributed by atoms with van der Waals surface area (Å²) in [5.41, 5.74) is 0.796. The second-order valence-corrected chi connectivity index (χ2v) is 6.33. The molecule has 1 aliphatic rings. The van der Waals surface area contributed by atoms with Crippen molar-refractivity contribution in [2.45, 2.75) is 6.92 Å². The van der Waals surface area contributed by atoms with E-state index in [0.29, 0.717) is 16.9 Å². The number of anilines is 1. The van der Waals surface area contributed by atoms with Crippen LogP contribution in [0.3, 0.4) is 0 Å². The Morgan fingerprint density at radius 1 is 1.23 bits per heavy atom. The molecule has 0 saturated carbocycles. The van der Waals surface area contributed by atoms with E-state index < -0.39 is 0 Å². The molecule has 0 unspecified atom stereocenters. The molecule has 2 heterocycles. The lowest BCUT2D eigenvalue weighted by atomic mass is 10.3. The summed E-state index contributed by atoms with van der Waals surface area (Å²) in [5.74, 6) is 1.62. The number of ether oxygens (including phenoxy) is 2. The standard InChI is InChI=1S/C18H23N5O2S/c1-14-13-16(25-15-5-3-2-4-6-15)21-17(20-14)22-18(26)19-7-8-23-9-11-24-12-10-23/h2-6,13H,7-12H2,1H3,(H2,19,20,21,22,26). The number of hydrogen-bond acceptors (Lipinski definition) is 6. The summed E-state index contributed by atoms with van der Waals surface area (Å²) in [5, 5.41) is 6.70. The zero-order valence-corrected chi connectivity index (χ0v) is 15.6. The number of nitrogens with zero attached hydrogens (tertiary/aromatic N) is 3. The number of rotatable bonds is 6. The fraction of sp³-hybridized carbons (Fsp3) is 0.389. The van der Waals surface area contributed by atoms with Crippen LogP contribution in [0.1, 0.15) is 5.69 Å². The maximum absolute atomic E-state index is 5.77. The first-order valence-corrected chi connectivity index (χ1v) is 9.03. The molecule has 0 spiro atoms. The van der Waals surface area contributed by atoms with E-state index in [1.54, 1.807) is 6.07 Å². The highest BCUT2D eigenvalue weighted by molar-refractivity contribution is 7.80. The maximum atomic E-state index is 5.77. The van der Waals surface area contributed by atoms with Gasteiger partial charge in [-0.3, -0.25) is 4.90 Å². The van der Waals surface area contributed by atoms with Crippen molar-refractivity contribution in [2.24, 2.45) is 0 Å². The zero-order valence-electron chi connectivity index (χ0n) is 14.8. The summed E-state index contributed by atoms with van der Waals surface area (Å²) in [4.78, 5) is 11.1. The van der Waals surface area contributed by atoms with Crippen LogP contribution in [0.2, 0.25) is 0 Å². The van der Waals surface area contributed by atoms with Crippen LogP contribution in [-0.2, 0) is 4.74 Å². The number of aromatic nitrogens is 2.